The van der Waals surface area contributed by atoms with Crippen molar-refractivity contribution in [1.29, 1.82) is 0 Å². The third-order valence-corrected chi connectivity index (χ3v) is 3.19. The Morgan fingerprint density at radius 1 is 1.16 bits per heavy atom. The smallest absolute Gasteiger partial charge is 0.387 e. The summed E-state index contributed by atoms with van der Waals surface area (Å²) in [5, 5.41) is 4.01. The van der Waals surface area contributed by atoms with Crippen LogP contribution in [0, 0.1) is 6.92 Å². The number of benzene rings is 1. The van der Waals surface area contributed by atoms with Gasteiger partial charge in [-0.15, -0.1) is 0 Å². The third-order valence-electron chi connectivity index (χ3n) is 3.19. The predicted molar refractivity (Wildman–Crippen MR) is 89.0 cm³/mol. The van der Waals surface area contributed by atoms with Gasteiger partial charge in [0.1, 0.15) is 5.82 Å². The maximum Gasteiger partial charge on any atom is 0.387 e. The van der Waals surface area contributed by atoms with Crippen LogP contribution in [-0.4, -0.2) is 31.7 Å². The highest BCUT2D eigenvalue weighted by Crippen LogP contribution is 2.39. The van der Waals surface area contributed by atoms with E-state index in [0.29, 0.717) is 11.1 Å². The number of aromatic nitrogens is 1. The molecule has 0 saturated carbocycles. The fourth-order valence-electron chi connectivity index (χ4n) is 2.15. The van der Waals surface area contributed by atoms with Crippen LogP contribution in [0.1, 0.15) is 11.1 Å². The van der Waals surface area contributed by atoms with Crippen molar-refractivity contribution in [3.8, 4) is 17.2 Å². The molecular weight excluding hydrogens is 336 g/mol. The number of methoxy groups -OCH3 is 2. The molecule has 0 unspecified atom stereocenters. The number of hydrogen-bond donors (Lipinski definition) is 1. The van der Waals surface area contributed by atoms with Gasteiger partial charge < -0.3 is 19.9 Å². The van der Waals surface area contributed by atoms with E-state index in [1.165, 1.54) is 38.6 Å². The van der Waals surface area contributed by atoms with Crippen LogP contribution >= 0.6 is 0 Å². The predicted octanol–water partition coefficient (Wildman–Crippen LogP) is 2.24. The molecular formula is C16H17F2N3O4. The van der Waals surface area contributed by atoms with Gasteiger partial charge in [0.05, 0.1) is 20.4 Å². The summed E-state index contributed by atoms with van der Waals surface area (Å²) in [5.41, 5.74) is 6.52. The molecule has 0 bridgehead atoms. The third kappa shape index (κ3) is 4.25. The summed E-state index contributed by atoms with van der Waals surface area (Å²) >= 11 is 0. The Labute approximate surface area is 142 Å². The maximum atomic E-state index is 12.5. The zero-order chi connectivity index (χ0) is 18.6. The first-order valence-electron chi connectivity index (χ1n) is 7.10. The summed E-state index contributed by atoms with van der Waals surface area (Å²) in [7, 11) is 2.60. The van der Waals surface area contributed by atoms with Gasteiger partial charge in [-0.1, -0.05) is 0 Å². The summed E-state index contributed by atoms with van der Waals surface area (Å²) < 4.78 is 40.6. The molecule has 0 fully saturated rings. The van der Waals surface area contributed by atoms with Gasteiger partial charge in [0.2, 0.25) is 5.75 Å². The summed E-state index contributed by atoms with van der Waals surface area (Å²) in [6.07, 6.45) is 1.32. The van der Waals surface area contributed by atoms with Crippen LogP contribution in [0.15, 0.2) is 34.2 Å². The van der Waals surface area contributed by atoms with Gasteiger partial charge in [-0.2, -0.15) is 18.6 Å². The molecule has 1 aromatic carbocycles. The molecule has 0 amide bonds. The van der Waals surface area contributed by atoms with E-state index in [9.17, 15) is 13.6 Å². The lowest BCUT2D eigenvalue weighted by molar-refractivity contribution is -0.0526. The lowest BCUT2D eigenvalue weighted by Crippen LogP contribution is -2.19. The number of nitrogen functional groups attached to an aromatic ring is 1. The Kier molecular flexibility index (Phi) is 5.58. The van der Waals surface area contributed by atoms with Gasteiger partial charge in [-0.3, -0.25) is 4.79 Å². The van der Waals surface area contributed by atoms with E-state index in [4.69, 9.17) is 15.2 Å². The first-order valence-corrected chi connectivity index (χ1v) is 7.10. The molecule has 134 valence electrons. The molecule has 1 heterocycles. The molecule has 0 spiro atoms. The number of nitrogens with two attached hydrogens (primary N) is 1. The Bertz CT molecular complexity index is 825. The van der Waals surface area contributed by atoms with Crippen molar-refractivity contribution < 1.29 is 23.0 Å². The SMILES string of the molecule is COc1cc(/C=N\n2c(N)cc(C)cc2=O)cc(OC)c1OC(F)F. The van der Waals surface area contributed by atoms with Crippen LogP contribution in [0.25, 0.3) is 0 Å². The summed E-state index contributed by atoms with van der Waals surface area (Å²) in [4.78, 5) is 11.9. The minimum atomic E-state index is -3.03. The van der Waals surface area contributed by atoms with Crippen molar-refractivity contribution in [2.24, 2.45) is 5.10 Å². The fourth-order valence-corrected chi connectivity index (χ4v) is 2.15. The van der Waals surface area contributed by atoms with E-state index in [0.717, 1.165) is 4.68 Å². The van der Waals surface area contributed by atoms with Crippen LogP contribution in [-0.2, 0) is 0 Å². The number of hydrogen-bond acceptors (Lipinski definition) is 6. The highest BCUT2D eigenvalue weighted by atomic mass is 19.3. The Hall–Kier alpha value is -3.10. The van der Waals surface area contributed by atoms with Crippen molar-refractivity contribution in [3.63, 3.8) is 0 Å². The normalized spacial score (nSPS) is 11.1. The zero-order valence-corrected chi connectivity index (χ0v) is 13.8. The maximum absolute atomic E-state index is 12.5. The monoisotopic (exact) mass is 353 g/mol. The highest BCUT2D eigenvalue weighted by Gasteiger charge is 2.17. The molecule has 2 rings (SSSR count). The van der Waals surface area contributed by atoms with Crippen molar-refractivity contribution >= 4 is 12.0 Å². The van der Waals surface area contributed by atoms with Crippen molar-refractivity contribution in [2.75, 3.05) is 20.0 Å². The number of halogens is 2. The van der Waals surface area contributed by atoms with E-state index in [1.807, 2.05) is 0 Å². The van der Waals surface area contributed by atoms with E-state index in [1.54, 1.807) is 13.0 Å². The number of alkyl halides is 2. The molecule has 0 atom stereocenters. The lowest BCUT2D eigenvalue weighted by Gasteiger charge is -2.14. The number of pyridine rings is 1. The van der Waals surface area contributed by atoms with Gasteiger partial charge in [0.15, 0.2) is 11.5 Å². The van der Waals surface area contributed by atoms with Crippen LogP contribution in [0.4, 0.5) is 14.6 Å². The van der Waals surface area contributed by atoms with Crippen molar-refractivity contribution in [3.05, 3.63) is 45.7 Å². The second-order valence-electron chi connectivity index (χ2n) is 4.99. The van der Waals surface area contributed by atoms with Gasteiger partial charge in [-0.05, 0) is 30.7 Å². The van der Waals surface area contributed by atoms with Gasteiger partial charge in [0, 0.05) is 11.6 Å². The molecule has 9 heteroatoms. The summed E-state index contributed by atoms with van der Waals surface area (Å²) in [5.74, 6) is -0.00218. The molecule has 0 aliphatic rings. The number of aryl methyl sites for hydroxylation is 1. The second-order valence-corrected chi connectivity index (χ2v) is 4.99. The molecule has 0 saturated heterocycles. The van der Waals surface area contributed by atoms with E-state index < -0.39 is 12.2 Å². The summed E-state index contributed by atoms with van der Waals surface area (Å²) in [6.45, 7) is -1.29. The minimum absolute atomic E-state index is 0.0327. The zero-order valence-electron chi connectivity index (χ0n) is 13.8. The lowest BCUT2D eigenvalue weighted by atomic mass is 10.2. The topological polar surface area (TPSA) is 88.1 Å². The number of nitrogens with zero attached hydrogens (tertiary/aromatic N) is 2. The molecule has 2 N–H and O–H groups in total. The average molecular weight is 353 g/mol. The molecule has 1 aromatic heterocycles. The average Bonchev–Trinajstić information content (AvgIpc) is 2.54. The molecule has 0 radical (unpaired) electrons. The van der Waals surface area contributed by atoms with Crippen LogP contribution in [0.5, 0.6) is 17.2 Å². The van der Waals surface area contributed by atoms with Crippen LogP contribution in [0.2, 0.25) is 0 Å². The molecule has 2 aromatic rings. The van der Waals surface area contributed by atoms with Gasteiger partial charge >= 0.3 is 6.61 Å². The summed E-state index contributed by atoms with van der Waals surface area (Å²) in [6, 6.07) is 5.81. The quantitative estimate of drug-likeness (QED) is 0.805. The second kappa shape index (κ2) is 7.65. The van der Waals surface area contributed by atoms with Crippen molar-refractivity contribution in [2.45, 2.75) is 13.5 Å². The van der Waals surface area contributed by atoms with Crippen molar-refractivity contribution in [1.82, 2.24) is 4.68 Å². The Morgan fingerprint density at radius 2 is 1.76 bits per heavy atom. The number of anilines is 1. The standard InChI is InChI=1S/C16H17F2N3O4/c1-9-4-13(19)21(14(22)5-9)20-8-10-6-11(23-2)15(25-16(17)18)12(7-10)24-3/h4-8,16H,19H2,1-3H3/b20-8-. The molecule has 7 nitrogen and oxygen atoms in total. The van der Waals surface area contributed by atoms with E-state index in [2.05, 4.69) is 9.84 Å². The van der Waals surface area contributed by atoms with E-state index in [-0.39, 0.29) is 23.1 Å². The Morgan fingerprint density at radius 3 is 2.24 bits per heavy atom. The molecule has 25 heavy (non-hydrogen) atoms. The molecule has 0 aliphatic carbocycles. The molecule has 0 aliphatic heterocycles. The van der Waals surface area contributed by atoms with Crippen LogP contribution < -0.4 is 25.5 Å². The largest absolute Gasteiger partial charge is 0.493 e. The van der Waals surface area contributed by atoms with E-state index >= 15 is 0 Å². The number of rotatable bonds is 6. The first-order chi connectivity index (χ1) is 11.8. The van der Waals surface area contributed by atoms with Crippen LogP contribution in [0.3, 0.4) is 0 Å². The fraction of sp³-hybridized carbons (Fsp3) is 0.250. The Balaban J connectivity index is 2.45. The van der Waals surface area contributed by atoms with Gasteiger partial charge in [-0.25, -0.2) is 0 Å². The van der Waals surface area contributed by atoms with Gasteiger partial charge in [0.25, 0.3) is 5.56 Å². The minimum Gasteiger partial charge on any atom is -0.493 e. The number of ether oxygens (including phenoxy) is 3. The highest BCUT2D eigenvalue weighted by molar-refractivity contribution is 5.82. The first kappa shape index (κ1) is 18.2.